The molecule has 1 aromatic carbocycles. The van der Waals surface area contributed by atoms with Crippen molar-refractivity contribution >= 4 is 11.4 Å². The minimum atomic E-state index is 0.103. The summed E-state index contributed by atoms with van der Waals surface area (Å²) in [5, 5.41) is 3.37. The number of nitrogens with zero attached hydrogens (tertiary/aromatic N) is 1. The van der Waals surface area contributed by atoms with Crippen LogP contribution in [0.3, 0.4) is 0 Å². The number of rotatable bonds is 3. The van der Waals surface area contributed by atoms with Crippen LogP contribution >= 0.6 is 0 Å². The summed E-state index contributed by atoms with van der Waals surface area (Å²) in [4.78, 5) is 4.62. The second-order valence-electron chi connectivity index (χ2n) is 5.57. The van der Waals surface area contributed by atoms with Gasteiger partial charge in [-0.05, 0) is 11.6 Å². The first-order chi connectivity index (χ1) is 7.97. The molecule has 17 heavy (non-hydrogen) atoms. The Hall–Kier alpha value is -1.57. The maximum Gasteiger partial charge on any atom is 0.0665 e. The summed E-state index contributed by atoms with van der Waals surface area (Å²) in [6, 6.07) is 8.32. The highest BCUT2D eigenvalue weighted by atomic mass is 14.9. The molecular weight excluding hydrogens is 208 g/mol. The second-order valence-corrected chi connectivity index (χ2v) is 5.57. The van der Waals surface area contributed by atoms with Gasteiger partial charge in [0.05, 0.1) is 12.2 Å². The van der Waals surface area contributed by atoms with E-state index in [1.807, 2.05) is 6.07 Å². The molecule has 1 aromatic rings. The molecule has 0 spiro atoms. The summed E-state index contributed by atoms with van der Waals surface area (Å²) >= 11 is 0. The molecule has 2 nitrogen and oxygen atoms in total. The fourth-order valence-corrected chi connectivity index (χ4v) is 1.78. The Morgan fingerprint density at radius 2 is 2.06 bits per heavy atom. The lowest BCUT2D eigenvalue weighted by atomic mass is 9.93. The number of benzene rings is 1. The molecule has 0 atom stereocenters. The molecule has 0 aromatic heterocycles. The third kappa shape index (κ3) is 2.76. The molecule has 0 amide bonds. The van der Waals surface area contributed by atoms with Crippen LogP contribution in [0.5, 0.6) is 0 Å². The summed E-state index contributed by atoms with van der Waals surface area (Å²) in [7, 11) is 0. The molecule has 90 valence electrons. The molecular formula is C15H20N2. The van der Waals surface area contributed by atoms with Crippen LogP contribution in [0.25, 0.3) is 0 Å². The lowest BCUT2D eigenvalue weighted by molar-refractivity contribution is 0.471. The van der Waals surface area contributed by atoms with E-state index in [9.17, 15) is 0 Å². The number of allylic oxidation sites excluding steroid dienone is 1. The van der Waals surface area contributed by atoms with Crippen LogP contribution in [0.2, 0.25) is 0 Å². The smallest absolute Gasteiger partial charge is 0.0665 e. The van der Waals surface area contributed by atoms with E-state index in [4.69, 9.17) is 0 Å². The van der Waals surface area contributed by atoms with Gasteiger partial charge in [0, 0.05) is 23.2 Å². The predicted octanol–water partition coefficient (Wildman–Crippen LogP) is 3.46. The highest BCUT2D eigenvalue weighted by Gasteiger charge is 2.17. The maximum absolute atomic E-state index is 4.62. The van der Waals surface area contributed by atoms with Gasteiger partial charge < -0.3 is 5.32 Å². The zero-order valence-electron chi connectivity index (χ0n) is 10.9. The van der Waals surface area contributed by atoms with Gasteiger partial charge in [-0.15, -0.1) is 0 Å². The van der Waals surface area contributed by atoms with Crippen LogP contribution in [0.15, 0.2) is 41.5 Å². The number of hydrogen-bond donors (Lipinski definition) is 1. The first-order valence-corrected chi connectivity index (χ1v) is 6.04. The molecule has 0 bridgehead atoms. The average Bonchev–Trinajstić information content (AvgIpc) is 2.66. The lowest BCUT2D eigenvalue weighted by Crippen LogP contribution is -2.28. The summed E-state index contributed by atoms with van der Waals surface area (Å²) in [6.45, 7) is 11.3. The van der Waals surface area contributed by atoms with E-state index in [2.05, 4.69) is 55.9 Å². The quantitative estimate of drug-likeness (QED) is 0.841. The number of nitrogens with one attached hydrogen (secondary N) is 1. The van der Waals surface area contributed by atoms with Crippen LogP contribution in [0.1, 0.15) is 26.3 Å². The Morgan fingerprint density at radius 1 is 1.35 bits per heavy atom. The van der Waals surface area contributed by atoms with Gasteiger partial charge in [0.25, 0.3) is 0 Å². The van der Waals surface area contributed by atoms with Gasteiger partial charge in [-0.25, -0.2) is 0 Å². The number of aliphatic imine (C=N–C) groups is 1. The highest BCUT2D eigenvalue weighted by Crippen LogP contribution is 2.26. The highest BCUT2D eigenvalue weighted by molar-refractivity contribution is 5.95. The Labute approximate surface area is 103 Å². The molecule has 0 radical (unpaired) electrons. The fourth-order valence-electron chi connectivity index (χ4n) is 1.78. The Morgan fingerprint density at radius 3 is 2.71 bits per heavy atom. The Balaban J connectivity index is 1.94. The SMILES string of the molecule is C=C(NCC1=Nc2ccccc2C1)C(C)(C)C. The van der Waals surface area contributed by atoms with Crippen LogP contribution in [-0.2, 0) is 6.42 Å². The summed E-state index contributed by atoms with van der Waals surface area (Å²) < 4.78 is 0. The van der Waals surface area contributed by atoms with Crippen molar-refractivity contribution in [2.75, 3.05) is 6.54 Å². The van der Waals surface area contributed by atoms with Crippen LogP contribution in [0, 0.1) is 5.41 Å². The van der Waals surface area contributed by atoms with Gasteiger partial charge >= 0.3 is 0 Å². The summed E-state index contributed by atoms with van der Waals surface area (Å²) in [5.74, 6) is 0. The minimum absolute atomic E-state index is 0.103. The fraction of sp³-hybridized carbons (Fsp3) is 0.400. The van der Waals surface area contributed by atoms with E-state index in [1.54, 1.807) is 0 Å². The summed E-state index contributed by atoms with van der Waals surface area (Å²) in [6.07, 6.45) is 0.959. The van der Waals surface area contributed by atoms with E-state index < -0.39 is 0 Å². The first-order valence-electron chi connectivity index (χ1n) is 6.04. The standard InChI is InChI=1S/C15H20N2/c1-11(15(2,3)4)16-10-13-9-12-7-5-6-8-14(12)17-13/h5-8,16H,1,9-10H2,2-4H3. The van der Waals surface area contributed by atoms with Crippen molar-refractivity contribution in [3.8, 4) is 0 Å². The third-order valence-electron chi connectivity index (χ3n) is 3.08. The van der Waals surface area contributed by atoms with Gasteiger partial charge in [-0.2, -0.15) is 0 Å². The van der Waals surface area contributed by atoms with Crippen molar-refractivity contribution < 1.29 is 0 Å². The van der Waals surface area contributed by atoms with Crippen molar-refractivity contribution in [3.63, 3.8) is 0 Å². The molecule has 0 saturated carbocycles. The summed E-state index contributed by atoms with van der Waals surface area (Å²) in [5.41, 5.74) is 4.80. The molecule has 2 rings (SSSR count). The topological polar surface area (TPSA) is 24.4 Å². The van der Waals surface area contributed by atoms with Crippen molar-refractivity contribution in [2.24, 2.45) is 10.4 Å². The Bertz CT molecular complexity index is 464. The molecule has 0 fully saturated rings. The van der Waals surface area contributed by atoms with Crippen molar-refractivity contribution in [1.29, 1.82) is 0 Å². The maximum atomic E-state index is 4.62. The second kappa shape index (κ2) is 4.36. The number of hydrogen-bond acceptors (Lipinski definition) is 2. The number of fused-ring (bicyclic) bond motifs is 1. The van der Waals surface area contributed by atoms with Crippen molar-refractivity contribution in [3.05, 3.63) is 42.1 Å². The Kier molecular flexibility index (Phi) is 3.05. The molecule has 0 unspecified atom stereocenters. The van der Waals surface area contributed by atoms with Gasteiger partial charge in [0.15, 0.2) is 0 Å². The normalized spacial score (nSPS) is 14.2. The van der Waals surface area contributed by atoms with Crippen LogP contribution in [0.4, 0.5) is 5.69 Å². The van der Waals surface area contributed by atoms with Crippen LogP contribution < -0.4 is 5.32 Å². The van der Waals surface area contributed by atoms with E-state index in [0.717, 1.165) is 24.4 Å². The molecule has 1 heterocycles. The van der Waals surface area contributed by atoms with Gasteiger partial charge in [0.1, 0.15) is 0 Å². The zero-order chi connectivity index (χ0) is 12.5. The monoisotopic (exact) mass is 228 g/mol. The van der Waals surface area contributed by atoms with Crippen molar-refractivity contribution in [2.45, 2.75) is 27.2 Å². The average molecular weight is 228 g/mol. The van der Waals surface area contributed by atoms with Crippen molar-refractivity contribution in [1.82, 2.24) is 5.32 Å². The van der Waals surface area contributed by atoms with Crippen LogP contribution in [-0.4, -0.2) is 12.3 Å². The molecule has 1 N–H and O–H groups in total. The largest absolute Gasteiger partial charge is 0.383 e. The third-order valence-corrected chi connectivity index (χ3v) is 3.08. The minimum Gasteiger partial charge on any atom is -0.383 e. The molecule has 1 aliphatic heterocycles. The molecule has 0 aliphatic carbocycles. The van der Waals surface area contributed by atoms with E-state index in [0.29, 0.717) is 0 Å². The molecule has 2 heteroatoms. The van der Waals surface area contributed by atoms with Gasteiger partial charge in [-0.3, -0.25) is 4.99 Å². The van der Waals surface area contributed by atoms with E-state index in [-0.39, 0.29) is 5.41 Å². The molecule has 1 aliphatic rings. The van der Waals surface area contributed by atoms with Gasteiger partial charge in [0.2, 0.25) is 0 Å². The molecule has 0 saturated heterocycles. The number of para-hydroxylation sites is 1. The zero-order valence-corrected chi connectivity index (χ0v) is 10.9. The van der Waals surface area contributed by atoms with E-state index in [1.165, 1.54) is 11.3 Å². The van der Waals surface area contributed by atoms with E-state index >= 15 is 0 Å². The van der Waals surface area contributed by atoms with Gasteiger partial charge in [-0.1, -0.05) is 45.5 Å². The first kappa shape index (κ1) is 11.9. The lowest BCUT2D eigenvalue weighted by Gasteiger charge is -2.23. The predicted molar refractivity (Wildman–Crippen MR) is 73.8 cm³/mol.